The number of pyridine rings is 1. The smallest absolute Gasteiger partial charge is 0.230 e. The van der Waals surface area contributed by atoms with E-state index in [-0.39, 0.29) is 12.3 Å². The van der Waals surface area contributed by atoms with Crippen LogP contribution in [0.2, 0.25) is 10.0 Å². The summed E-state index contributed by atoms with van der Waals surface area (Å²) in [6, 6.07) is 6.75. The van der Waals surface area contributed by atoms with Gasteiger partial charge in [-0.15, -0.1) is 0 Å². The lowest BCUT2D eigenvalue weighted by atomic mass is 10.2. The van der Waals surface area contributed by atoms with Gasteiger partial charge >= 0.3 is 0 Å². The lowest BCUT2D eigenvalue weighted by Gasteiger charge is -2.09. The molecule has 1 aromatic heterocycles. The molecule has 6 heteroatoms. The van der Waals surface area contributed by atoms with Gasteiger partial charge in [-0.05, 0) is 36.8 Å². The third-order valence-corrected chi connectivity index (χ3v) is 3.43. The number of aryl methyl sites for hydroxylation is 1. The van der Waals surface area contributed by atoms with Crippen molar-refractivity contribution in [3.8, 4) is 0 Å². The van der Waals surface area contributed by atoms with Gasteiger partial charge in [0.2, 0.25) is 5.91 Å². The molecule has 0 unspecified atom stereocenters. The summed E-state index contributed by atoms with van der Waals surface area (Å²) in [5.74, 6) is -0.218. The minimum absolute atomic E-state index is 0.141. The van der Waals surface area contributed by atoms with Crippen molar-refractivity contribution in [3.05, 3.63) is 51.8 Å². The van der Waals surface area contributed by atoms with E-state index in [2.05, 4.69) is 10.3 Å². The standard InChI is InChI=1S/C14H13Cl2N3O/c1-8-4-12(16)13(6-11(8)15)19-14(20)5-10-3-2-9(17)7-18-10/h2-4,6-7H,5,17H2,1H3,(H,19,20). The van der Waals surface area contributed by atoms with E-state index in [9.17, 15) is 4.79 Å². The van der Waals surface area contributed by atoms with Crippen LogP contribution in [0, 0.1) is 6.92 Å². The molecule has 4 nitrogen and oxygen atoms in total. The van der Waals surface area contributed by atoms with Crippen molar-refractivity contribution in [1.82, 2.24) is 4.98 Å². The van der Waals surface area contributed by atoms with Crippen molar-refractivity contribution in [3.63, 3.8) is 0 Å². The largest absolute Gasteiger partial charge is 0.397 e. The fraction of sp³-hybridized carbons (Fsp3) is 0.143. The van der Waals surface area contributed by atoms with Crippen LogP contribution in [0.15, 0.2) is 30.5 Å². The lowest BCUT2D eigenvalue weighted by Crippen LogP contribution is -2.15. The summed E-state index contributed by atoms with van der Waals surface area (Å²) in [5.41, 5.74) is 8.07. The quantitative estimate of drug-likeness (QED) is 0.912. The fourth-order valence-corrected chi connectivity index (χ4v) is 2.07. The Hall–Kier alpha value is -1.78. The summed E-state index contributed by atoms with van der Waals surface area (Å²) in [4.78, 5) is 16.0. The first-order valence-electron chi connectivity index (χ1n) is 5.91. The molecule has 0 saturated carbocycles. The number of nitrogens with two attached hydrogens (primary N) is 1. The predicted octanol–water partition coefficient (Wildman–Crippen LogP) is 3.46. The van der Waals surface area contributed by atoms with Gasteiger partial charge < -0.3 is 11.1 Å². The third-order valence-electron chi connectivity index (χ3n) is 2.71. The highest BCUT2D eigenvalue weighted by Crippen LogP contribution is 2.28. The minimum Gasteiger partial charge on any atom is -0.397 e. The molecule has 0 aliphatic carbocycles. The van der Waals surface area contributed by atoms with Crippen LogP contribution < -0.4 is 11.1 Å². The number of rotatable bonds is 3. The Morgan fingerprint density at radius 1 is 1.30 bits per heavy atom. The number of hydrogen-bond acceptors (Lipinski definition) is 3. The molecule has 3 N–H and O–H groups in total. The van der Waals surface area contributed by atoms with Gasteiger partial charge in [-0.3, -0.25) is 9.78 Å². The fourth-order valence-electron chi connectivity index (χ4n) is 1.64. The summed E-state index contributed by atoms with van der Waals surface area (Å²) in [7, 11) is 0. The van der Waals surface area contributed by atoms with Gasteiger partial charge in [0.05, 0.1) is 29.0 Å². The Bertz CT molecular complexity index is 642. The average molecular weight is 310 g/mol. The first kappa shape index (κ1) is 14.6. The summed E-state index contributed by atoms with van der Waals surface area (Å²) in [6.07, 6.45) is 1.65. The van der Waals surface area contributed by atoms with Crippen LogP contribution in [-0.2, 0) is 11.2 Å². The molecule has 0 bridgehead atoms. The highest BCUT2D eigenvalue weighted by Gasteiger charge is 2.09. The molecule has 0 fully saturated rings. The van der Waals surface area contributed by atoms with E-state index in [1.807, 2.05) is 6.92 Å². The summed E-state index contributed by atoms with van der Waals surface area (Å²) in [6.45, 7) is 1.85. The summed E-state index contributed by atoms with van der Waals surface area (Å²) < 4.78 is 0. The molecule has 0 spiro atoms. The predicted molar refractivity (Wildman–Crippen MR) is 82.2 cm³/mol. The van der Waals surface area contributed by atoms with E-state index < -0.39 is 0 Å². The van der Waals surface area contributed by atoms with E-state index in [0.29, 0.717) is 27.1 Å². The Kier molecular flexibility index (Phi) is 4.47. The van der Waals surface area contributed by atoms with Gasteiger partial charge in [0.15, 0.2) is 0 Å². The monoisotopic (exact) mass is 309 g/mol. The highest BCUT2D eigenvalue weighted by atomic mass is 35.5. The van der Waals surface area contributed by atoms with Gasteiger partial charge in [0.1, 0.15) is 0 Å². The van der Waals surface area contributed by atoms with Crippen molar-refractivity contribution in [2.75, 3.05) is 11.1 Å². The zero-order valence-corrected chi connectivity index (χ0v) is 12.3. The molecule has 1 aromatic carbocycles. The molecule has 0 radical (unpaired) electrons. The van der Waals surface area contributed by atoms with Crippen LogP contribution in [0.5, 0.6) is 0 Å². The van der Waals surface area contributed by atoms with Crippen LogP contribution in [0.25, 0.3) is 0 Å². The molecule has 1 heterocycles. The number of amides is 1. The SMILES string of the molecule is Cc1cc(Cl)c(NC(=O)Cc2ccc(N)cn2)cc1Cl. The van der Waals surface area contributed by atoms with E-state index in [4.69, 9.17) is 28.9 Å². The molecule has 0 atom stereocenters. The van der Waals surface area contributed by atoms with Gasteiger partial charge in [0.25, 0.3) is 0 Å². The highest BCUT2D eigenvalue weighted by molar-refractivity contribution is 6.36. The normalized spacial score (nSPS) is 10.3. The maximum Gasteiger partial charge on any atom is 0.230 e. The number of carbonyl (C=O) groups excluding carboxylic acids is 1. The number of nitrogen functional groups attached to an aromatic ring is 1. The second-order valence-corrected chi connectivity index (χ2v) is 5.20. The van der Waals surface area contributed by atoms with Gasteiger partial charge in [-0.1, -0.05) is 23.2 Å². The molecule has 20 heavy (non-hydrogen) atoms. The van der Waals surface area contributed by atoms with Crippen molar-refractivity contribution >= 4 is 40.5 Å². The molecule has 104 valence electrons. The minimum atomic E-state index is -0.218. The van der Waals surface area contributed by atoms with E-state index in [1.54, 1.807) is 24.3 Å². The number of aromatic nitrogens is 1. The Labute approximate surface area is 126 Å². The van der Waals surface area contributed by atoms with Crippen LogP contribution >= 0.6 is 23.2 Å². The Morgan fingerprint density at radius 3 is 2.70 bits per heavy atom. The zero-order valence-electron chi connectivity index (χ0n) is 10.8. The number of nitrogens with one attached hydrogen (secondary N) is 1. The van der Waals surface area contributed by atoms with Crippen LogP contribution in [0.4, 0.5) is 11.4 Å². The Balaban J connectivity index is 2.08. The lowest BCUT2D eigenvalue weighted by molar-refractivity contribution is -0.115. The summed E-state index contributed by atoms with van der Waals surface area (Å²) in [5, 5.41) is 3.72. The third kappa shape index (κ3) is 3.62. The zero-order chi connectivity index (χ0) is 14.7. The molecule has 2 aromatic rings. The van der Waals surface area contributed by atoms with Crippen molar-refractivity contribution in [1.29, 1.82) is 0 Å². The number of hydrogen-bond donors (Lipinski definition) is 2. The van der Waals surface area contributed by atoms with E-state index in [1.165, 1.54) is 6.20 Å². The van der Waals surface area contributed by atoms with Gasteiger partial charge in [-0.2, -0.15) is 0 Å². The van der Waals surface area contributed by atoms with Crippen molar-refractivity contribution in [2.24, 2.45) is 0 Å². The maximum atomic E-state index is 11.9. The van der Waals surface area contributed by atoms with Crippen LogP contribution in [0.3, 0.4) is 0 Å². The van der Waals surface area contributed by atoms with Gasteiger partial charge in [-0.25, -0.2) is 0 Å². The molecule has 2 rings (SSSR count). The number of carbonyl (C=O) groups is 1. The molecular formula is C14H13Cl2N3O. The second-order valence-electron chi connectivity index (χ2n) is 4.39. The molecule has 1 amide bonds. The van der Waals surface area contributed by atoms with Crippen LogP contribution in [0.1, 0.15) is 11.3 Å². The molecule has 0 aliphatic rings. The Morgan fingerprint density at radius 2 is 2.05 bits per heavy atom. The number of anilines is 2. The number of nitrogens with zero attached hydrogens (tertiary/aromatic N) is 1. The number of halogens is 2. The maximum absolute atomic E-state index is 11.9. The van der Waals surface area contributed by atoms with E-state index >= 15 is 0 Å². The van der Waals surface area contributed by atoms with E-state index in [0.717, 1.165) is 5.56 Å². The van der Waals surface area contributed by atoms with Crippen LogP contribution in [-0.4, -0.2) is 10.9 Å². The topological polar surface area (TPSA) is 68.0 Å². The first-order chi connectivity index (χ1) is 9.45. The molecule has 0 saturated heterocycles. The summed E-state index contributed by atoms with van der Waals surface area (Å²) >= 11 is 12.1. The van der Waals surface area contributed by atoms with Gasteiger partial charge in [0, 0.05) is 10.7 Å². The molecular weight excluding hydrogens is 297 g/mol. The molecule has 0 aliphatic heterocycles. The van der Waals surface area contributed by atoms with Crippen molar-refractivity contribution < 1.29 is 4.79 Å². The second kappa shape index (κ2) is 6.11. The van der Waals surface area contributed by atoms with Crippen molar-refractivity contribution in [2.45, 2.75) is 13.3 Å². The average Bonchev–Trinajstić information content (AvgIpc) is 2.39. The number of benzene rings is 1. The first-order valence-corrected chi connectivity index (χ1v) is 6.67.